The fraction of sp³-hybridized carbons (Fsp3) is 0.111. The Morgan fingerprint density at radius 3 is 2.61 bits per heavy atom. The van der Waals surface area contributed by atoms with E-state index < -0.39 is 0 Å². The molecular weight excluding hydrogens is 290 g/mol. The topological polar surface area (TPSA) is 66.6 Å². The quantitative estimate of drug-likeness (QED) is 0.577. The second-order valence-electron chi connectivity index (χ2n) is 5.32. The molecule has 0 aliphatic rings. The number of aromatic hydroxyl groups is 1. The Kier molecular flexibility index (Phi) is 3.85. The molecule has 0 spiro atoms. The lowest BCUT2D eigenvalue weighted by Gasteiger charge is -2.00. The highest BCUT2D eigenvalue weighted by Gasteiger charge is 2.09. The van der Waals surface area contributed by atoms with Crippen LogP contribution in [-0.4, -0.2) is 21.8 Å². The van der Waals surface area contributed by atoms with E-state index in [-0.39, 0.29) is 11.7 Å². The molecule has 2 aromatic carbocycles. The van der Waals surface area contributed by atoms with Crippen molar-refractivity contribution in [1.82, 2.24) is 9.99 Å². The molecule has 0 aliphatic carbocycles. The summed E-state index contributed by atoms with van der Waals surface area (Å²) in [7, 11) is 2.00. The summed E-state index contributed by atoms with van der Waals surface area (Å²) in [6.07, 6.45) is 1.66. The Bertz CT molecular complexity index is 893. The van der Waals surface area contributed by atoms with E-state index in [0.717, 1.165) is 22.2 Å². The van der Waals surface area contributed by atoms with Crippen molar-refractivity contribution in [2.75, 3.05) is 0 Å². The lowest BCUT2D eigenvalue weighted by Crippen LogP contribution is -2.17. The number of phenolic OH excluding ortho intramolecular Hbond substituents is 1. The molecule has 0 radical (unpaired) electrons. The third-order valence-electron chi connectivity index (χ3n) is 3.94. The largest absolute Gasteiger partial charge is 0.508 e. The minimum atomic E-state index is -0.320. The molecule has 1 aromatic heterocycles. The Morgan fingerprint density at radius 1 is 1.17 bits per heavy atom. The lowest BCUT2D eigenvalue weighted by atomic mass is 10.1. The summed E-state index contributed by atoms with van der Waals surface area (Å²) < 4.78 is 2.10. The number of hydrogen-bond donors (Lipinski definition) is 2. The maximum Gasteiger partial charge on any atom is 0.271 e. The van der Waals surface area contributed by atoms with Crippen LogP contribution < -0.4 is 5.43 Å². The molecule has 0 bridgehead atoms. The van der Waals surface area contributed by atoms with Gasteiger partial charge in [-0.2, -0.15) is 5.10 Å². The average molecular weight is 307 g/mol. The van der Waals surface area contributed by atoms with Gasteiger partial charge in [-0.15, -0.1) is 0 Å². The number of aryl methyl sites for hydroxylation is 1. The van der Waals surface area contributed by atoms with E-state index in [1.54, 1.807) is 18.3 Å². The molecular formula is C18H17N3O2. The fourth-order valence-electron chi connectivity index (χ4n) is 2.55. The van der Waals surface area contributed by atoms with Crippen molar-refractivity contribution in [3.63, 3.8) is 0 Å². The number of aromatic nitrogens is 1. The molecule has 2 N–H and O–H groups in total. The molecule has 0 saturated carbocycles. The zero-order valence-corrected chi connectivity index (χ0v) is 12.9. The van der Waals surface area contributed by atoms with Crippen molar-refractivity contribution in [2.24, 2.45) is 12.1 Å². The Balaban J connectivity index is 1.82. The van der Waals surface area contributed by atoms with Crippen LogP contribution in [-0.2, 0) is 7.05 Å². The summed E-state index contributed by atoms with van der Waals surface area (Å²) in [5.41, 5.74) is 6.13. The van der Waals surface area contributed by atoms with Crippen LogP contribution in [0.15, 0.2) is 53.6 Å². The van der Waals surface area contributed by atoms with Gasteiger partial charge in [-0.25, -0.2) is 5.43 Å². The Morgan fingerprint density at radius 2 is 1.87 bits per heavy atom. The zero-order valence-electron chi connectivity index (χ0n) is 12.9. The van der Waals surface area contributed by atoms with Crippen molar-refractivity contribution in [3.8, 4) is 5.75 Å². The predicted molar refractivity (Wildman–Crippen MR) is 90.8 cm³/mol. The van der Waals surface area contributed by atoms with Crippen molar-refractivity contribution in [1.29, 1.82) is 0 Å². The van der Waals surface area contributed by atoms with Crippen molar-refractivity contribution >= 4 is 23.0 Å². The summed E-state index contributed by atoms with van der Waals surface area (Å²) in [5, 5.41) is 14.4. The summed E-state index contributed by atoms with van der Waals surface area (Å²) in [4.78, 5) is 12.0. The number of carbonyl (C=O) groups excluding carboxylic acids is 1. The van der Waals surface area contributed by atoms with Gasteiger partial charge in [0.2, 0.25) is 0 Å². The number of nitrogens with one attached hydrogen (secondary N) is 1. The highest BCUT2D eigenvalue weighted by molar-refractivity contribution is 6.02. The molecule has 0 saturated heterocycles. The predicted octanol–water partition coefficient (Wildman–Crippen LogP) is 2.96. The first-order valence-electron chi connectivity index (χ1n) is 7.24. The van der Waals surface area contributed by atoms with Gasteiger partial charge in [-0.05, 0) is 37.3 Å². The molecule has 1 heterocycles. The van der Waals surface area contributed by atoms with Gasteiger partial charge >= 0.3 is 0 Å². The Labute approximate surface area is 133 Å². The fourth-order valence-corrected chi connectivity index (χ4v) is 2.55. The number of amides is 1. The van der Waals surface area contributed by atoms with Gasteiger partial charge in [0.25, 0.3) is 5.91 Å². The first kappa shape index (κ1) is 14.8. The van der Waals surface area contributed by atoms with Crippen LogP contribution in [0.3, 0.4) is 0 Å². The molecule has 3 rings (SSSR count). The van der Waals surface area contributed by atoms with Crippen LogP contribution in [0.5, 0.6) is 5.75 Å². The second-order valence-corrected chi connectivity index (χ2v) is 5.32. The molecule has 0 fully saturated rings. The first-order valence-corrected chi connectivity index (χ1v) is 7.24. The van der Waals surface area contributed by atoms with Gasteiger partial charge in [-0.1, -0.05) is 18.2 Å². The number of hydrazone groups is 1. The normalized spacial score (nSPS) is 11.2. The number of nitrogens with zero attached hydrogens (tertiary/aromatic N) is 2. The summed E-state index contributed by atoms with van der Waals surface area (Å²) >= 11 is 0. The smallest absolute Gasteiger partial charge is 0.271 e. The number of rotatable bonds is 3. The number of hydrogen-bond acceptors (Lipinski definition) is 3. The summed E-state index contributed by atoms with van der Waals surface area (Å²) in [5.74, 6) is -0.199. The molecule has 116 valence electrons. The average Bonchev–Trinajstić information content (AvgIpc) is 2.81. The SMILES string of the molecule is Cc1c(/C=N\NC(=O)c2ccc(O)cc2)c2ccccc2n1C. The third kappa shape index (κ3) is 2.81. The van der Waals surface area contributed by atoms with Crippen LogP contribution in [0.4, 0.5) is 0 Å². The molecule has 1 amide bonds. The highest BCUT2D eigenvalue weighted by atomic mass is 16.3. The van der Waals surface area contributed by atoms with Gasteiger partial charge in [0, 0.05) is 34.8 Å². The van der Waals surface area contributed by atoms with E-state index in [1.165, 1.54) is 12.1 Å². The van der Waals surface area contributed by atoms with Crippen molar-refractivity contribution < 1.29 is 9.90 Å². The summed E-state index contributed by atoms with van der Waals surface area (Å²) in [6.45, 7) is 2.02. The van der Waals surface area contributed by atoms with Gasteiger partial charge in [0.1, 0.15) is 5.75 Å². The van der Waals surface area contributed by atoms with E-state index >= 15 is 0 Å². The van der Waals surface area contributed by atoms with Crippen LogP contribution in [0.2, 0.25) is 0 Å². The maximum atomic E-state index is 12.0. The molecule has 0 aliphatic heterocycles. The molecule has 0 unspecified atom stereocenters. The van der Waals surface area contributed by atoms with Crippen LogP contribution in [0.1, 0.15) is 21.6 Å². The maximum absolute atomic E-state index is 12.0. The number of fused-ring (bicyclic) bond motifs is 1. The molecule has 3 aromatic rings. The minimum Gasteiger partial charge on any atom is -0.508 e. The van der Waals surface area contributed by atoms with E-state index in [1.807, 2.05) is 32.2 Å². The molecule has 0 atom stereocenters. The number of benzene rings is 2. The van der Waals surface area contributed by atoms with E-state index in [2.05, 4.69) is 21.2 Å². The standard InChI is InChI=1S/C18H17N3O2/c1-12-16(15-5-3-4-6-17(15)21(12)2)11-19-20-18(23)13-7-9-14(22)10-8-13/h3-11,22H,1-2H3,(H,20,23)/b19-11-. The number of carbonyl (C=O) groups is 1. The van der Waals surface area contributed by atoms with Gasteiger partial charge in [0.05, 0.1) is 6.21 Å². The van der Waals surface area contributed by atoms with E-state index in [4.69, 9.17) is 0 Å². The minimum absolute atomic E-state index is 0.122. The van der Waals surface area contributed by atoms with Crippen molar-refractivity contribution in [2.45, 2.75) is 6.92 Å². The van der Waals surface area contributed by atoms with Crippen LogP contribution in [0.25, 0.3) is 10.9 Å². The number of phenols is 1. The van der Waals surface area contributed by atoms with Crippen LogP contribution in [0, 0.1) is 6.92 Å². The van der Waals surface area contributed by atoms with Gasteiger partial charge < -0.3 is 9.67 Å². The van der Waals surface area contributed by atoms with Crippen LogP contribution >= 0.6 is 0 Å². The highest BCUT2D eigenvalue weighted by Crippen LogP contribution is 2.22. The lowest BCUT2D eigenvalue weighted by molar-refractivity contribution is 0.0955. The van der Waals surface area contributed by atoms with E-state index in [9.17, 15) is 9.90 Å². The van der Waals surface area contributed by atoms with E-state index in [0.29, 0.717) is 5.56 Å². The molecule has 5 heteroatoms. The zero-order chi connectivity index (χ0) is 16.4. The molecule has 23 heavy (non-hydrogen) atoms. The van der Waals surface area contributed by atoms with Gasteiger partial charge in [0.15, 0.2) is 0 Å². The van der Waals surface area contributed by atoms with Crippen molar-refractivity contribution in [3.05, 3.63) is 65.4 Å². The molecule has 5 nitrogen and oxygen atoms in total. The monoisotopic (exact) mass is 307 g/mol. The van der Waals surface area contributed by atoms with Gasteiger partial charge in [-0.3, -0.25) is 4.79 Å². The third-order valence-corrected chi connectivity index (χ3v) is 3.94. The first-order chi connectivity index (χ1) is 11.1. The summed E-state index contributed by atoms with van der Waals surface area (Å²) in [6, 6.07) is 14.1. The second kappa shape index (κ2) is 5.96. The Hall–Kier alpha value is -3.08. The number of para-hydroxylation sites is 1.